The summed E-state index contributed by atoms with van der Waals surface area (Å²) in [6.45, 7) is 3.97. The van der Waals surface area contributed by atoms with Gasteiger partial charge in [-0.15, -0.1) is 0 Å². The quantitative estimate of drug-likeness (QED) is 0.755. The molecule has 118 valence electrons. The van der Waals surface area contributed by atoms with Crippen LogP contribution in [0.4, 0.5) is 0 Å². The van der Waals surface area contributed by atoms with Crippen LogP contribution in [-0.4, -0.2) is 25.3 Å². The van der Waals surface area contributed by atoms with Gasteiger partial charge in [0.1, 0.15) is 5.75 Å². The Labute approximate surface area is 128 Å². The average Bonchev–Trinajstić information content (AvgIpc) is 2.53. The van der Waals surface area contributed by atoms with Crippen molar-refractivity contribution in [3.05, 3.63) is 29.8 Å². The van der Waals surface area contributed by atoms with Gasteiger partial charge in [0.25, 0.3) is 0 Å². The zero-order valence-electron chi connectivity index (χ0n) is 13.3. The van der Waals surface area contributed by atoms with E-state index in [1.807, 2.05) is 24.3 Å². The maximum Gasteiger partial charge on any atom is 0.119 e. The van der Waals surface area contributed by atoms with Gasteiger partial charge in [-0.05, 0) is 42.5 Å². The minimum atomic E-state index is -0.466. The highest BCUT2D eigenvalue weighted by molar-refractivity contribution is 5.29. The van der Waals surface area contributed by atoms with Crippen molar-refractivity contribution in [1.29, 1.82) is 0 Å². The Morgan fingerprint density at radius 1 is 1.29 bits per heavy atom. The molecule has 1 saturated carbocycles. The molecule has 0 heterocycles. The van der Waals surface area contributed by atoms with Crippen molar-refractivity contribution in [1.82, 2.24) is 5.32 Å². The Morgan fingerprint density at radius 2 is 2.05 bits per heavy atom. The third-order valence-corrected chi connectivity index (χ3v) is 4.68. The second-order valence-corrected chi connectivity index (χ2v) is 6.41. The summed E-state index contributed by atoms with van der Waals surface area (Å²) in [4.78, 5) is 0. The zero-order valence-corrected chi connectivity index (χ0v) is 13.3. The first-order chi connectivity index (χ1) is 10.2. The van der Waals surface area contributed by atoms with Crippen molar-refractivity contribution in [2.75, 3.05) is 20.2 Å². The number of hydrogen-bond donors (Lipinski definition) is 2. The van der Waals surface area contributed by atoms with Gasteiger partial charge in [-0.25, -0.2) is 0 Å². The molecule has 0 amide bonds. The molecule has 2 rings (SSSR count). The highest BCUT2D eigenvalue weighted by Crippen LogP contribution is 2.30. The fourth-order valence-electron chi connectivity index (χ4n) is 3.13. The summed E-state index contributed by atoms with van der Waals surface area (Å²) in [5.74, 6) is 2.59. The molecule has 3 heteroatoms. The summed E-state index contributed by atoms with van der Waals surface area (Å²) in [5, 5.41) is 13.6. The molecule has 0 aromatic heterocycles. The first-order valence-corrected chi connectivity index (χ1v) is 8.21. The number of ether oxygens (including phenoxy) is 1. The van der Waals surface area contributed by atoms with Gasteiger partial charge in [-0.3, -0.25) is 0 Å². The Hall–Kier alpha value is -1.06. The molecular formula is C18H29NO2. The van der Waals surface area contributed by atoms with Crippen LogP contribution in [0.3, 0.4) is 0 Å². The second kappa shape index (κ2) is 8.40. The number of hydrogen-bond acceptors (Lipinski definition) is 3. The van der Waals surface area contributed by atoms with Crippen LogP contribution in [0, 0.1) is 11.8 Å². The van der Waals surface area contributed by atoms with E-state index in [1.54, 1.807) is 7.11 Å². The number of aliphatic hydroxyl groups is 1. The van der Waals surface area contributed by atoms with E-state index in [9.17, 15) is 5.11 Å². The monoisotopic (exact) mass is 291 g/mol. The molecular weight excluding hydrogens is 262 g/mol. The summed E-state index contributed by atoms with van der Waals surface area (Å²) in [6, 6.07) is 7.65. The molecule has 1 aliphatic carbocycles. The topological polar surface area (TPSA) is 41.5 Å². The maximum absolute atomic E-state index is 10.2. The van der Waals surface area contributed by atoms with Gasteiger partial charge in [0.05, 0.1) is 13.2 Å². The van der Waals surface area contributed by atoms with Crippen molar-refractivity contribution in [3.8, 4) is 5.75 Å². The number of nitrogens with one attached hydrogen (secondary N) is 1. The highest BCUT2D eigenvalue weighted by atomic mass is 16.5. The van der Waals surface area contributed by atoms with Crippen LogP contribution in [0.15, 0.2) is 24.3 Å². The standard InChI is InChI=1S/C18H29NO2/c1-14-6-8-15(9-7-14)10-11-19-13-18(20)16-4-3-5-17(12-16)21-2/h3-5,12,14-15,18-20H,6-11,13H2,1-2H3. The van der Waals surface area contributed by atoms with Crippen LogP contribution in [0.2, 0.25) is 0 Å². The van der Waals surface area contributed by atoms with Crippen LogP contribution in [0.1, 0.15) is 50.7 Å². The van der Waals surface area contributed by atoms with Crippen LogP contribution >= 0.6 is 0 Å². The molecule has 1 aromatic rings. The average molecular weight is 291 g/mol. The normalized spacial score (nSPS) is 23.8. The van der Waals surface area contributed by atoms with Gasteiger partial charge in [0.2, 0.25) is 0 Å². The van der Waals surface area contributed by atoms with Gasteiger partial charge in [0, 0.05) is 6.54 Å². The molecule has 1 atom stereocenters. The number of aliphatic hydroxyl groups excluding tert-OH is 1. The Morgan fingerprint density at radius 3 is 2.76 bits per heavy atom. The predicted octanol–water partition coefficient (Wildman–Crippen LogP) is 3.53. The van der Waals surface area contributed by atoms with Crippen LogP contribution in [0.25, 0.3) is 0 Å². The Kier molecular flexibility index (Phi) is 6.52. The smallest absolute Gasteiger partial charge is 0.119 e. The van der Waals surface area contributed by atoms with Crippen LogP contribution < -0.4 is 10.1 Å². The Balaban J connectivity index is 1.66. The summed E-state index contributed by atoms with van der Waals surface area (Å²) in [6.07, 6.45) is 6.29. The molecule has 1 unspecified atom stereocenters. The number of benzene rings is 1. The van der Waals surface area contributed by atoms with E-state index in [2.05, 4.69) is 12.2 Å². The van der Waals surface area contributed by atoms with E-state index < -0.39 is 6.10 Å². The minimum Gasteiger partial charge on any atom is -0.497 e. The molecule has 3 nitrogen and oxygen atoms in total. The molecule has 1 aromatic carbocycles. The SMILES string of the molecule is COc1cccc(C(O)CNCCC2CCC(C)CC2)c1. The van der Waals surface area contributed by atoms with E-state index >= 15 is 0 Å². The van der Waals surface area contributed by atoms with E-state index in [4.69, 9.17) is 4.74 Å². The number of methoxy groups -OCH3 is 1. The molecule has 21 heavy (non-hydrogen) atoms. The molecule has 0 bridgehead atoms. The molecule has 1 fully saturated rings. The summed E-state index contributed by atoms with van der Waals surface area (Å²) in [5.41, 5.74) is 0.911. The van der Waals surface area contributed by atoms with Crippen molar-refractivity contribution >= 4 is 0 Å². The van der Waals surface area contributed by atoms with Crippen LogP contribution in [-0.2, 0) is 0 Å². The first-order valence-electron chi connectivity index (χ1n) is 8.21. The Bertz CT molecular complexity index is 413. The van der Waals surface area contributed by atoms with Gasteiger partial charge in [-0.1, -0.05) is 44.7 Å². The zero-order chi connectivity index (χ0) is 15.1. The lowest BCUT2D eigenvalue weighted by Gasteiger charge is -2.26. The fraction of sp³-hybridized carbons (Fsp3) is 0.667. The summed E-state index contributed by atoms with van der Waals surface area (Å²) in [7, 11) is 1.65. The molecule has 0 saturated heterocycles. The molecule has 0 radical (unpaired) electrons. The summed E-state index contributed by atoms with van der Waals surface area (Å²) < 4.78 is 5.19. The third-order valence-electron chi connectivity index (χ3n) is 4.68. The minimum absolute atomic E-state index is 0.466. The second-order valence-electron chi connectivity index (χ2n) is 6.41. The van der Waals surface area contributed by atoms with Gasteiger partial charge >= 0.3 is 0 Å². The van der Waals surface area contributed by atoms with Crippen molar-refractivity contribution in [2.45, 2.75) is 45.1 Å². The number of rotatable bonds is 7. The van der Waals surface area contributed by atoms with Crippen molar-refractivity contribution in [3.63, 3.8) is 0 Å². The third kappa shape index (κ3) is 5.33. The van der Waals surface area contributed by atoms with E-state index in [1.165, 1.54) is 32.1 Å². The molecule has 1 aliphatic rings. The molecule has 0 aliphatic heterocycles. The lowest BCUT2D eigenvalue weighted by atomic mass is 9.81. The van der Waals surface area contributed by atoms with E-state index in [0.29, 0.717) is 6.54 Å². The van der Waals surface area contributed by atoms with Gasteiger partial charge in [0.15, 0.2) is 0 Å². The summed E-state index contributed by atoms with van der Waals surface area (Å²) >= 11 is 0. The predicted molar refractivity (Wildman–Crippen MR) is 86.6 cm³/mol. The molecule has 2 N–H and O–H groups in total. The largest absolute Gasteiger partial charge is 0.497 e. The highest BCUT2D eigenvalue weighted by Gasteiger charge is 2.17. The van der Waals surface area contributed by atoms with Gasteiger partial charge < -0.3 is 15.2 Å². The van der Waals surface area contributed by atoms with E-state index in [0.717, 1.165) is 29.7 Å². The van der Waals surface area contributed by atoms with Gasteiger partial charge in [-0.2, -0.15) is 0 Å². The lowest BCUT2D eigenvalue weighted by molar-refractivity contribution is 0.172. The van der Waals surface area contributed by atoms with Crippen molar-refractivity contribution in [2.24, 2.45) is 11.8 Å². The molecule has 0 spiro atoms. The van der Waals surface area contributed by atoms with Crippen LogP contribution in [0.5, 0.6) is 5.75 Å². The maximum atomic E-state index is 10.2. The first kappa shape index (κ1) is 16.3. The lowest BCUT2D eigenvalue weighted by Crippen LogP contribution is -2.25. The van der Waals surface area contributed by atoms with Crippen molar-refractivity contribution < 1.29 is 9.84 Å². The fourth-order valence-corrected chi connectivity index (χ4v) is 3.13. The van der Waals surface area contributed by atoms with E-state index in [-0.39, 0.29) is 0 Å².